The minimum absolute atomic E-state index is 0.340. The number of hydrogen-bond acceptors (Lipinski definition) is 5. The van der Waals surface area contributed by atoms with Gasteiger partial charge in [0.25, 0.3) is 0 Å². The number of benzene rings is 1. The van der Waals surface area contributed by atoms with Gasteiger partial charge in [0.1, 0.15) is 5.75 Å². The molecule has 0 radical (unpaired) electrons. The van der Waals surface area contributed by atoms with Crippen molar-refractivity contribution < 1.29 is 9.26 Å². The Kier molecular flexibility index (Phi) is 3.69. The van der Waals surface area contributed by atoms with E-state index in [4.69, 9.17) is 9.26 Å². The maximum atomic E-state index is 5.41. The molecule has 106 valence electrons. The monoisotopic (exact) mass is 273 g/mol. The molecular weight excluding hydrogens is 254 g/mol. The minimum Gasteiger partial charge on any atom is -0.497 e. The summed E-state index contributed by atoms with van der Waals surface area (Å²) in [7, 11) is 1.66. The van der Waals surface area contributed by atoms with Crippen molar-refractivity contribution in [1.82, 2.24) is 15.5 Å². The molecule has 20 heavy (non-hydrogen) atoms. The maximum Gasteiger partial charge on any atom is 0.231 e. The van der Waals surface area contributed by atoms with Crippen molar-refractivity contribution in [3.05, 3.63) is 41.5 Å². The minimum atomic E-state index is 0.340. The van der Waals surface area contributed by atoms with Gasteiger partial charge in [-0.2, -0.15) is 4.98 Å². The van der Waals surface area contributed by atoms with E-state index in [2.05, 4.69) is 22.4 Å². The third-order valence-corrected chi connectivity index (χ3v) is 3.84. The van der Waals surface area contributed by atoms with E-state index in [-0.39, 0.29) is 0 Å². The average Bonchev–Trinajstić information content (AvgIpc) is 3.08. The molecule has 0 amide bonds. The fourth-order valence-electron chi connectivity index (χ4n) is 2.56. The van der Waals surface area contributed by atoms with Crippen LogP contribution < -0.4 is 10.1 Å². The van der Waals surface area contributed by atoms with Gasteiger partial charge in [0, 0.05) is 13.0 Å². The van der Waals surface area contributed by atoms with Crippen molar-refractivity contribution in [2.45, 2.75) is 19.3 Å². The van der Waals surface area contributed by atoms with E-state index in [1.165, 1.54) is 0 Å². The van der Waals surface area contributed by atoms with E-state index in [1.807, 2.05) is 24.3 Å². The summed E-state index contributed by atoms with van der Waals surface area (Å²) < 4.78 is 10.6. The summed E-state index contributed by atoms with van der Waals surface area (Å²) in [6.07, 6.45) is 0.683. The summed E-state index contributed by atoms with van der Waals surface area (Å²) in [6, 6.07) is 7.93. The van der Waals surface area contributed by atoms with Crippen LogP contribution in [-0.4, -0.2) is 30.3 Å². The maximum absolute atomic E-state index is 5.41. The molecule has 1 aliphatic heterocycles. The molecule has 1 fully saturated rings. The molecule has 0 spiro atoms. The highest BCUT2D eigenvalue weighted by Crippen LogP contribution is 2.26. The first-order valence-electron chi connectivity index (χ1n) is 6.92. The summed E-state index contributed by atoms with van der Waals surface area (Å²) in [6.45, 7) is 4.14. The van der Waals surface area contributed by atoms with Crippen LogP contribution in [0.25, 0.3) is 0 Å². The summed E-state index contributed by atoms with van der Waals surface area (Å²) in [5, 5.41) is 7.44. The Hall–Kier alpha value is -1.88. The topological polar surface area (TPSA) is 60.2 Å². The Balaban J connectivity index is 1.70. The van der Waals surface area contributed by atoms with Gasteiger partial charge >= 0.3 is 0 Å². The molecule has 1 N–H and O–H groups in total. The van der Waals surface area contributed by atoms with Gasteiger partial charge in [-0.25, -0.2) is 0 Å². The number of ether oxygens (including phenoxy) is 1. The lowest BCUT2D eigenvalue weighted by atomic mass is 9.98. The zero-order valence-electron chi connectivity index (χ0n) is 11.8. The molecule has 2 unspecified atom stereocenters. The molecular formula is C15H19N3O2. The smallest absolute Gasteiger partial charge is 0.231 e. The summed E-state index contributed by atoms with van der Waals surface area (Å²) in [5.74, 6) is 3.24. The van der Waals surface area contributed by atoms with E-state index in [0.29, 0.717) is 18.3 Å². The van der Waals surface area contributed by atoms with Crippen molar-refractivity contribution in [3.8, 4) is 5.75 Å². The van der Waals surface area contributed by atoms with Crippen molar-refractivity contribution in [2.75, 3.05) is 20.2 Å². The second kappa shape index (κ2) is 5.63. The molecule has 0 bridgehead atoms. The van der Waals surface area contributed by atoms with Gasteiger partial charge in [-0.15, -0.1) is 0 Å². The molecule has 5 heteroatoms. The number of methoxy groups -OCH3 is 1. The second-order valence-electron chi connectivity index (χ2n) is 5.32. The van der Waals surface area contributed by atoms with E-state index >= 15 is 0 Å². The first-order valence-corrected chi connectivity index (χ1v) is 6.92. The second-order valence-corrected chi connectivity index (χ2v) is 5.32. The summed E-state index contributed by atoms with van der Waals surface area (Å²) in [4.78, 5) is 4.53. The molecule has 1 saturated heterocycles. The lowest BCUT2D eigenvalue weighted by molar-refractivity contribution is 0.337. The predicted octanol–water partition coefficient (Wildman–Crippen LogP) is 1.99. The Morgan fingerprint density at radius 3 is 2.75 bits per heavy atom. The van der Waals surface area contributed by atoms with Gasteiger partial charge in [0.15, 0.2) is 5.82 Å². The highest BCUT2D eigenvalue weighted by atomic mass is 16.5. The van der Waals surface area contributed by atoms with Crippen LogP contribution in [0.2, 0.25) is 0 Å². The van der Waals surface area contributed by atoms with E-state index in [1.54, 1.807) is 7.11 Å². The Labute approximate surface area is 118 Å². The predicted molar refractivity (Wildman–Crippen MR) is 74.9 cm³/mol. The Bertz CT molecular complexity index is 565. The quantitative estimate of drug-likeness (QED) is 0.923. The molecule has 3 rings (SSSR count). The molecule has 0 saturated carbocycles. The van der Waals surface area contributed by atoms with Crippen molar-refractivity contribution >= 4 is 0 Å². The summed E-state index contributed by atoms with van der Waals surface area (Å²) >= 11 is 0. The fraction of sp³-hybridized carbons (Fsp3) is 0.467. The first kappa shape index (κ1) is 13.1. The number of nitrogens with zero attached hydrogens (tertiary/aromatic N) is 2. The molecule has 1 aliphatic rings. The third-order valence-electron chi connectivity index (χ3n) is 3.84. The van der Waals surface area contributed by atoms with Gasteiger partial charge in [-0.05, 0) is 30.2 Å². The van der Waals surface area contributed by atoms with Crippen LogP contribution in [-0.2, 0) is 6.42 Å². The van der Waals surface area contributed by atoms with E-state index < -0.39 is 0 Å². The van der Waals surface area contributed by atoms with Crippen LogP contribution in [0.3, 0.4) is 0 Å². The number of aromatic nitrogens is 2. The third kappa shape index (κ3) is 2.67. The van der Waals surface area contributed by atoms with Gasteiger partial charge in [0.2, 0.25) is 5.89 Å². The molecule has 1 aromatic heterocycles. The molecule has 0 aliphatic carbocycles. The number of hydrogen-bond donors (Lipinski definition) is 1. The molecule has 1 aromatic carbocycles. The highest BCUT2D eigenvalue weighted by Gasteiger charge is 2.29. The molecule has 2 atom stereocenters. The van der Waals surface area contributed by atoms with Crippen molar-refractivity contribution in [1.29, 1.82) is 0 Å². The van der Waals surface area contributed by atoms with E-state index in [9.17, 15) is 0 Å². The van der Waals surface area contributed by atoms with Crippen LogP contribution in [0, 0.1) is 5.92 Å². The van der Waals surface area contributed by atoms with Gasteiger partial charge in [0.05, 0.1) is 13.0 Å². The fourth-order valence-corrected chi connectivity index (χ4v) is 2.56. The largest absolute Gasteiger partial charge is 0.497 e. The van der Waals surface area contributed by atoms with Crippen LogP contribution in [0.4, 0.5) is 0 Å². The van der Waals surface area contributed by atoms with Gasteiger partial charge in [-0.1, -0.05) is 24.2 Å². The van der Waals surface area contributed by atoms with E-state index in [0.717, 1.165) is 36.1 Å². The van der Waals surface area contributed by atoms with Crippen molar-refractivity contribution in [2.24, 2.45) is 5.92 Å². The number of nitrogens with one attached hydrogen (secondary N) is 1. The standard InChI is InChI=1S/C15H19N3O2/c1-10-8-16-9-13(10)15-17-14(18-20-15)7-11-3-5-12(19-2)6-4-11/h3-6,10,13,16H,7-9H2,1-2H3. The SMILES string of the molecule is COc1ccc(Cc2noc(C3CNCC3C)n2)cc1. The average molecular weight is 273 g/mol. The zero-order chi connectivity index (χ0) is 13.9. The van der Waals surface area contributed by atoms with Crippen LogP contribution in [0.5, 0.6) is 5.75 Å². The van der Waals surface area contributed by atoms with Crippen LogP contribution in [0.1, 0.15) is 30.1 Å². The Morgan fingerprint density at radius 2 is 2.10 bits per heavy atom. The normalized spacial score (nSPS) is 22.1. The lowest BCUT2D eigenvalue weighted by Crippen LogP contribution is -2.08. The van der Waals surface area contributed by atoms with Crippen LogP contribution in [0.15, 0.2) is 28.8 Å². The van der Waals surface area contributed by atoms with Gasteiger partial charge in [-0.3, -0.25) is 0 Å². The number of rotatable bonds is 4. The van der Waals surface area contributed by atoms with Crippen LogP contribution >= 0.6 is 0 Å². The van der Waals surface area contributed by atoms with Gasteiger partial charge < -0.3 is 14.6 Å². The molecule has 2 aromatic rings. The molecule has 2 heterocycles. The Morgan fingerprint density at radius 1 is 1.30 bits per heavy atom. The first-order chi connectivity index (χ1) is 9.76. The lowest BCUT2D eigenvalue weighted by Gasteiger charge is -2.07. The molecule has 5 nitrogen and oxygen atoms in total. The highest BCUT2D eigenvalue weighted by molar-refractivity contribution is 5.28. The zero-order valence-corrected chi connectivity index (χ0v) is 11.8. The van der Waals surface area contributed by atoms with Crippen molar-refractivity contribution in [3.63, 3.8) is 0 Å². The summed E-state index contributed by atoms with van der Waals surface area (Å²) in [5.41, 5.74) is 1.15.